The van der Waals surface area contributed by atoms with Crippen LogP contribution < -0.4 is 0 Å². The molecule has 0 N–H and O–H groups in total. The van der Waals surface area contributed by atoms with Gasteiger partial charge < -0.3 is 0 Å². The average Bonchev–Trinajstić information content (AvgIpc) is 2.64. The van der Waals surface area contributed by atoms with Gasteiger partial charge in [-0.2, -0.15) is 0 Å². The number of Topliss-reactive ketones (excluding diaryl/α,β-unsaturated/α-hetero) is 1. The van der Waals surface area contributed by atoms with E-state index in [0.717, 1.165) is 24.6 Å². The quantitative estimate of drug-likeness (QED) is 0.589. The summed E-state index contributed by atoms with van der Waals surface area (Å²) in [5.41, 5.74) is 0.844. The SMILES string of the molecule is CCC1CCCN(CC(=O)c2ccc(I)cc2)CC1. The van der Waals surface area contributed by atoms with Crippen LogP contribution in [0.5, 0.6) is 0 Å². The molecule has 0 bridgehead atoms. The highest BCUT2D eigenvalue weighted by molar-refractivity contribution is 14.1. The van der Waals surface area contributed by atoms with Gasteiger partial charge in [-0.15, -0.1) is 0 Å². The maximum Gasteiger partial charge on any atom is 0.176 e. The predicted molar refractivity (Wildman–Crippen MR) is 87.6 cm³/mol. The Hall–Kier alpha value is -0.420. The molecule has 1 atom stereocenters. The van der Waals surface area contributed by atoms with Crippen molar-refractivity contribution in [1.82, 2.24) is 4.90 Å². The van der Waals surface area contributed by atoms with Crippen LogP contribution in [0.3, 0.4) is 0 Å². The zero-order valence-electron chi connectivity index (χ0n) is 11.6. The van der Waals surface area contributed by atoms with Crippen LogP contribution in [-0.4, -0.2) is 30.3 Å². The maximum absolute atomic E-state index is 12.2. The molecular formula is C16H22INO. The fourth-order valence-corrected chi connectivity index (χ4v) is 3.08. The highest BCUT2D eigenvalue weighted by Crippen LogP contribution is 2.20. The van der Waals surface area contributed by atoms with Crippen molar-refractivity contribution in [1.29, 1.82) is 0 Å². The summed E-state index contributed by atoms with van der Waals surface area (Å²) in [6.07, 6.45) is 5.08. The van der Waals surface area contributed by atoms with Gasteiger partial charge in [0.15, 0.2) is 5.78 Å². The molecular weight excluding hydrogens is 349 g/mol. The van der Waals surface area contributed by atoms with Crippen LogP contribution in [0.15, 0.2) is 24.3 Å². The highest BCUT2D eigenvalue weighted by Gasteiger charge is 2.18. The fourth-order valence-electron chi connectivity index (χ4n) is 2.72. The van der Waals surface area contributed by atoms with Crippen LogP contribution in [0, 0.1) is 9.49 Å². The monoisotopic (exact) mass is 371 g/mol. The number of carbonyl (C=O) groups excluding carboxylic acids is 1. The summed E-state index contributed by atoms with van der Waals surface area (Å²) in [6, 6.07) is 7.89. The second kappa shape index (κ2) is 7.39. The van der Waals surface area contributed by atoms with Gasteiger partial charge in [0.05, 0.1) is 6.54 Å². The van der Waals surface area contributed by atoms with Crippen LogP contribution in [-0.2, 0) is 0 Å². The molecule has 1 aromatic rings. The second-order valence-electron chi connectivity index (χ2n) is 5.41. The van der Waals surface area contributed by atoms with E-state index >= 15 is 0 Å². The summed E-state index contributed by atoms with van der Waals surface area (Å²) >= 11 is 2.27. The standard InChI is InChI=1S/C16H22INO/c1-2-13-4-3-10-18(11-9-13)12-16(19)14-5-7-15(17)8-6-14/h5-8,13H,2-4,9-12H2,1H3. The Kier molecular flexibility index (Phi) is 5.82. The zero-order chi connectivity index (χ0) is 13.7. The van der Waals surface area contributed by atoms with Gasteiger partial charge in [-0.3, -0.25) is 9.69 Å². The van der Waals surface area contributed by atoms with Crippen molar-refractivity contribution in [3.63, 3.8) is 0 Å². The lowest BCUT2D eigenvalue weighted by molar-refractivity contribution is 0.0932. The number of ketones is 1. The molecule has 0 saturated carbocycles. The molecule has 1 aliphatic rings. The molecule has 1 saturated heterocycles. The normalized spacial score (nSPS) is 21.1. The van der Waals surface area contributed by atoms with Gasteiger partial charge in [0, 0.05) is 9.13 Å². The first-order valence-corrected chi connectivity index (χ1v) is 8.28. The number of nitrogens with zero attached hydrogens (tertiary/aromatic N) is 1. The van der Waals surface area contributed by atoms with E-state index < -0.39 is 0 Å². The van der Waals surface area contributed by atoms with Crippen LogP contribution >= 0.6 is 22.6 Å². The summed E-state index contributed by atoms with van der Waals surface area (Å²) in [5.74, 6) is 1.12. The molecule has 0 radical (unpaired) electrons. The highest BCUT2D eigenvalue weighted by atomic mass is 127. The number of likely N-dealkylation sites (tertiary alicyclic amines) is 1. The van der Waals surface area contributed by atoms with E-state index in [9.17, 15) is 4.79 Å². The summed E-state index contributed by atoms with van der Waals surface area (Å²) in [5, 5.41) is 0. The molecule has 1 aliphatic heterocycles. The van der Waals surface area contributed by atoms with E-state index in [1.54, 1.807) is 0 Å². The first-order valence-electron chi connectivity index (χ1n) is 7.20. The van der Waals surface area contributed by atoms with E-state index in [1.165, 1.54) is 29.3 Å². The minimum Gasteiger partial charge on any atom is -0.296 e. The Bertz CT molecular complexity index is 415. The van der Waals surface area contributed by atoms with Gasteiger partial charge in [0.2, 0.25) is 0 Å². The van der Waals surface area contributed by atoms with E-state index in [2.05, 4.69) is 34.4 Å². The summed E-state index contributed by atoms with van der Waals surface area (Å²) < 4.78 is 1.18. The third kappa shape index (κ3) is 4.56. The summed E-state index contributed by atoms with van der Waals surface area (Å²) in [6.45, 7) is 5.01. The van der Waals surface area contributed by atoms with Crippen molar-refractivity contribution in [2.45, 2.75) is 32.6 Å². The molecule has 0 aliphatic carbocycles. The Morgan fingerprint density at radius 1 is 1.26 bits per heavy atom. The maximum atomic E-state index is 12.2. The third-order valence-corrected chi connectivity index (χ3v) is 4.77. The fraction of sp³-hybridized carbons (Fsp3) is 0.562. The van der Waals surface area contributed by atoms with Gasteiger partial charge in [0.1, 0.15) is 0 Å². The second-order valence-corrected chi connectivity index (χ2v) is 6.66. The number of hydrogen-bond donors (Lipinski definition) is 0. The van der Waals surface area contributed by atoms with Crippen molar-refractivity contribution in [2.24, 2.45) is 5.92 Å². The lowest BCUT2D eigenvalue weighted by Crippen LogP contribution is -2.31. The van der Waals surface area contributed by atoms with E-state index in [1.807, 2.05) is 24.3 Å². The molecule has 0 amide bonds. The van der Waals surface area contributed by atoms with Gasteiger partial charge >= 0.3 is 0 Å². The first-order chi connectivity index (χ1) is 9.19. The van der Waals surface area contributed by atoms with Crippen LogP contribution in [0.4, 0.5) is 0 Å². The number of rotatable bonds is 4. The Morgan fingerprint density at radius 3 is 2.68 bits per heavy atom. The smallest absolute Gasteiger partial charge is 0.176 e. The minimum absolute atomic E-state index is 0.256. The predicted octanol–water partition coefficient (Wildman–Crippen LogP) is 3.99. The largest absolute Gasteiger partial charge is 0.296 e. The van der Waals surface area contributed by atoms with Gasteiger partial charge in [-0.1, -0.05) is 25.5 Å². The zero-order valence-corrected chi connectivity index (χ0v) is 13.7. The number of halogens is 1. The Labute approximate surface area is 129 Å². The van der Waals surface area contributed by atoms with Gasteiger partial charge in [-0.25, -0.2) is 0 Å². The summed E-state index contributed by atoms with van der Waals surface area (Å²) in [7, 11) is 0. The van der Waals surface area contributed by atoms with E-state index in [0.29, 0.717) is 6.54 Å². The molecule has 19 heavy (non-hydrogen) atoms. The molecule has 0 aromatic heterocycles. The molecule has 2 rings (SSSR count). The number of carbonyl (C=O) groups is 1. The van der Waals surface area contributed by atoms with Crippen molar-refractivity contribution >= 4 is 28.4 Å². The topological polar surface area (TPSA) is 20.3 Å². The van der Waals surface area contributed by atoms with Gasteiger partial charge in [-0.05, 0) is 73.0 Å². The van der Waals surface area contributed by atoms with Crippen molar-refractivity contribution in [3.05, 3.63) is 33.4 Å². The van der Waals surface area contributed by atoms with Crippen molar-refractivity contribution in [2.75, 3.05) is 19.6 Å². The number of hydrogen-bond acceptors (Lipinski definition) is 2. The molecule has 104 valence electrons. The van der Waals surface area contributed by atoms with Gasteiger partial charge in [0.25, 0.3) is 0 Å². The minimum atomic E-state index is 0.256. The van der Waals surface area contributed by atoms with E-state index in [-0.39, 0.29) is 5.78 Å². The molecule has 1 aromatic carbocycles. The molecule has 2 nitrogen and oxygen atoms in total. The van der Waals surface area contributed by atoms with Crippen LogP contribution in [0.25, 0.3) is 0 Å². The number of benzene rings is 1. The van der Waals surface area contributed by atoms with Crippen LogP contribution in [0.1, 0.15) is 43.0 Å². The Morgan fingerprint density at radius 2 is 2.00 bits per heavy atom. The molecule has 3 heteroatoms. The van der Waals surface area contributed by atoms with Crippen molar-refractivity contribution < 1.29 is 4.79 Å². The molecule has 0 spiro atoms. The van der Waals surface area contributed by atoms with Crippen LogP contribution in [0.2, 0.25) is 0 Å². The Balaban J connectivity index is 1.90. The lowest BCUT2D eigenvalue weighted by Gasteiger charge is -2.19. The molecule has 1 unspecified atom stereocenters. The first kappa shape index (κ1) is 15.0. The molecule has 1 fully saturated rings. The lowest BCUT2D eigenvalue weighted by atomic mass is 9.98. The average molecular weight is 371 g/mol. The molecule has 1 heterocycles. The summed E-state index contributed by atoms with van der Waals surface area (Å²) in [4.78, 5) is 14.6. The third-order valence-electron chi connectivity index (χ3n) is 4.05. The van der Waals surface area contributed by atoms with Crippen molar-refractivity contribution in [3.8, 4) is 0 Å². The van der Waals surface area contributed by atoms with E-state index in [4.69, 9.17) is 0 Å².